The Morgan fingerprint density at radius 2 is 1.86 bits per heavy atom. The number of fused-ring (bicyclic) bond motifs is 3. The van der Waals surface area contributed by atoms with E-state index in [0.29, 0.717) is 25.1 Å². The van der Waals surface area contributed by atoms with Crippen LogP contribution in [0.1, 0.15) is 78.5 Å². The molecular formula is C29H48N3O9PSi. The van der Waals surface area contributed by atoms with Crippen LogP contribution in [0.4, 0.5) is 0 Å². The van der Waals surface area contributed by atoms with Crippen molar-refractivity contribution in [2.24, 2.45) is 0 Å². The number of nitrogens with one attached hydrogen (secondary N) is 1. The van der Waals surface area contributed by atoms with Crippen LogP contribution in [0.5, 0.6) is 0 Å². The number of H-pyrrole nitrogens is 1. The number of hydrogen-bond acceptors (Lipinski definition) is 10. The van der Waals surface area contributed by atoms with Crippen molar-refractivity contribution < 1.29 is 32.4 Å². The maximum absolute atomic E-state index is 12.8. The quantitative estimate of drug-likeness (QED) is 0.341. The van der Waals surface area contributed by atoms with Crippen molar-refractivity contribution in [3.8, 4) is 0 Å². The van der Waals surface area contributed by atoms with E-state index in [2.05, 4.69) is 57.4 Å². The number of aromatic nitrogens is 2. The van der Waals surface area contributed by atoms with Crippen LogP contribution in [0.15, 0.2) is 15.8 Å². The summed E-state index contributed by atoms with van der Waals surface area (Å²) in [5, 5.41) is 0.0212. The van der Waals surface area contributed by atoms with Gasteiger partial charge in [0.15, 0.2) is 20.4 Å². The third kappa shape index (κ3) is 6.12. The van der Waals surface area contributed by atoms with E-state index >= 15 is 0 Å². The Kier molecular flexibility index (Phi) is 8.67. The van der Waals surface area contributed by atoms with E-state index in [1.807, 2.05) is 0 Å². The van der Waals surface area contributed by atoms with Crippen molar-refractivity contribution in [3.63, 3.8) is 0 Å². The fraction of sp³-hybridized carbons (Fsp3) is 0.862. The minimum atomic E-state index is -2.10. The smallest absolute Gasteiger partial charge is 0.330 e. The Labute approximate surface area is 255 Å². The molecule has 4 saturated heterocycles. The lowest BCUT2D eigenvalue weighted by atomic mass is 10.1. The van der Waals surface area contributed by atoms with Gasteiger partial charge in [-0.15, -0.1) is 0 Å². The van der Waals surface area contributed by atoms with E-state index < -0.39 is 58.6 Å². The number of hydrogen-bond donors (Lipinski definition) is 1. The second kappa shape index (κ2) is 11.7. The Morgan fingerprint density at radius 1 is 1.14 bits per heavy atom. The topological polar surface area (TPSA) is 123 Å². The number of aromatic amines is 1. The predicted molar refractivity (Wildman–Crippen MR) is 162 cm³/mol. The molecule has 0 amide bonds. The highest BCUT2D eigenvalue weighted by atomic mass is 31.2. The second-order valence-electron chi connectivity index (χ2n) is 14.4. The molecule has 6 rings (SSSR count). The first-order chi connectivity index (χ1) is 20.2. The first kappa shape index (κ1) is 32.0. The van der Waals surface area contributed by atoms with E-state index in [1.54, 1.807) is 13.1 Å². The fourth-order valence-corrected chi connectivity index (χ4v) is 9.17. The molecule has 12 nitrogen and oxygen atoms in total. The van der Waals surface area contributed by atoms with Crippen LogP contribution in [-0.4, -0.2) is 84.3 Å². The highest BCUT2D eigenvalue weighted by Gasteiger charge is 2.62. The summed E-state index contributed by atoms with van der Waals surface area (Å²) >= 11 is 0. The predicted octanol–water partition coefficient (Wildman–Crippen LogP) is 4.29. The molecular weight excluding hydrogens is 593 g/mol. The van der Waals surface area contributed by atoms with E-state index in [1.165, 1.54) is 4.57 Å². The number of aryl methyl sites for hydroxylation is 1. The first-order valence-corrected chi connectivity index (χ1v) is 19.7. The number of ether oxygens (including phenoxy) is 4. The molecule has 1 aromatic rings. The van der Waals surface area contributed by atoms with E-state index in [0.717, 1.165) is 25.7 Å². The third-order valence-electron chi connectivity index (χ3n) is 9.98. The van der Waals surface area contributed by atoms with E-state index in [9.17, 15) is 9.59 Å². The summed E-state index contributed by atoms with van der Waals surface area (Å²) in [5.41, 5.74) is -0.473. The van der Waals surface area contributed by atoms with Crippen LogP contribution in [0.2, 0.25) is 18.1 Å². The average molecular weight is 642 g/mol. The monoisotopic (exact) mass is 641 g/mol. The molecule has 1 saturated carbocycles. The number of rotatable bonds is 7. The van der Waals surface area contributed by atoms with E-state index in [-0.39, 0.29) is 29.4 Å². The summed E-state index contributed by atoms with van der Waals surface area (Å²) < 4.78 is 49.5. The maximum Gasteiger partial charge on any atom is 0.330 e. The van der Waals surface area contributed by atoms with Crippen molar-refractivity contribution in [3.05, 3.63) is 32.6 Å². The van der Waals surface area contributed by atoms with Gasteiger partial charge in [-0.3, -0.25) is 14.3 Å². The molecule has 1 unspecified atom stereocenters. The highest BCUT2D eigenvalue weighted by molar-refractivity contribution is 7.44. The molecule has 43 heavy (non-hydrogen) atoms. The van der Waals surface area contributed by atoms with Crippen LogP contribution in [0.3, 0.4) is 0 Å². The lowest BCUT2D eigenvalue weighted by Crippen LogP contribution is -2.49. The molecule has 1 aliphatic carbocycles. The van der Waals surface area contributed by atoms with Crippen molar-refractivity contribution in [1.82, 2.24) is 14.2 Å². The van der Waals surface area contributed by atoms with Gasteiger partial charge in [0.25, 0.3) is 14.1 Å². The summed E-state index contributed by atoms with van der Waals surface area (Å²) in [6, 6.07) is 0.142. The summed E-state index contributed by atoms with van der Waals surface area (Å²) in [6.07, 6.45) is 3.25. The van der Waals surface area contributed by atoms with Crippen molar-refractivity contribution in [2.45, 2.75) is 147 Å². The van der Waals surface area contributed by atoms with Crippen LogP contribution in [0.25, 0.3) is 0 Å². The highest BCUT2D eigenvalue weighted by Crippen LogP contribution is 2.57. The molecule has 1 N–H and O–H groups in total. The largest absolute Gasteiger partial charge is 0.414 e. The van der Waals surface area contributed by atoms with Gasteiger partial charge >= 0.3 is 5.69 Å². The molecule has 0 radical (unpaired) electrons. The van der Waals surface area contributed by atoms with E-state index in [4.69, 9.17) is 32.4 Å². The lowest BCUT2D eigenvalue weighted by molar-refractivity contribution is -0.231. The molecule has 5 heterocycles. The molecule has 1 aromatic heterocycles. The SMILES string of the molecule is Cc1cn([C@H]2C[C@H](OP3O[C@H]4[C@@H]5OC6(CCCC6)O[C@@H]5O[C@H]4CN3C(C)C)[C@@H](CO[Si](C)(C)C(C)(C)C)O2)c(=O)[nH]c1=O. The summed E-state index contributed by atoms with van der Waals surface area (Å²) in [6.45, 7) is 17.9. The van der Waals surface area contributed by atoms with Crippen molar-refractivity contribution in [2.75, 3.05) is 13.2 Å². The Bertz CT molecular complexity index is 1290. The van der Waals surface area contributed by atoms with Gasteiger partial charge in [-0.1, -0.05) is 20.8 Å². The van der Waals surface area contributed by atoms with Gasteiger partial charge < -0.3 is 32.4 Å². The standard InChI is InChI=1S/C29H48N3O9PSi/c1-17(2)32-15-20-23(24-26(37-20)39-29(38-24)11-9-10-12-29)41-42(32)40-19-13-22(31-14-18(3)25(33)30-27(31)34)36-21(19)16-35-43(7,8)28(4,5)6/h14,17,19-24,26H,9-13,15-16H2,1-8H3,(H,30,33,34)/t19-,20-,21+,22+,23+,24-,26-,42?/m0/s1. The molecule has 5 fully saturated rings. The molecule has 4 aliphatic heterocycles. The van der Waals surface area contributed by atoms with Crippen LogP contribution >= 0.6 is 8.53 Å². The third-order valence-corrected chi connectivity index (χ3v) is 16.4. The zero-order valence-electron chi connectivity index (χ0n) is 26.7. The Morgan fingerprint density at radius 3 is 2.53 bits per heavy atom. The van der Waals surface area contributed by atoms with Gasteiger partial charge in [-0.2, -0.15) is 0 Å². The average Bonchev–Trinajstić information content (AvgIpc) is 3.69. The van der Waals surface area contributed by atoms with Crippen LogP contribution in [-0.2, 0) is 32.4 Å². The lowest BCUT2D eigenvalue weighted by Gasteiger charge is -2.43. The molecule has 242 valence electrons. The minimum Gasteiger partial charge on any atom is -0.414 e. The van der Waals surface area contributed by atoms with Gasteiger partial charge in [-0.05, 0) is 51.7 Å². The maximum atomic E-state index is 12.8. The zero-order chi connectivity index (χ0) is 30.9. The minimum absolute atomic E-state index is 0.0212. The number of nitrogens with zero attached hydrogens (tertiary/aromatic N) is 2. The van der Waals surface area contributed by atoms with Gasteiger partial charge in [0.1, 0.15) is 30.6 Å². The Balaban J connectivity index is 1.23. The second-order valence-corrected chi connectivity index (χ2v) is 20.7. The molecule has 0 aromatic carbocycles. The van der Waals surface area contributed by atoms with Gasteiger partial charge in [0.05, 0.1) is 12.7 Å². The molecule has 5 aliphatic rings. The molecule has 14 heteroatoms. The van der Waals surface area contributed by atoms with Crippen LogP contribution in [0, 0.1) is 6.92 Å². The normalized spacial score (nSPS) is 36.1. The van der Waals surface area contributed by atoms with Gasteiger partial charge in [-0.25, -0.2) is 9.46 Å². The van der Waals surface area contributed by atoms with Gasteiger partial charge in [0, 0.05) is 43.6 Å². The molecule has 1 spiro atoms. The fourth-order valence-electron chi connectivity index (χ4n) is 6.28. The molecule has 8 atom stereocenters. The molecule has 0 bridgehead atoms. The van der Waals surface area contributed by atoms with Crippen LogP contribution < -0.4 is 11.2 Å². The summed E-state index contributed by atoms with van der Waals surface area (Å²) in [7, 11) is -3.61. The van der Waals surface area contributed by atoms with Crippen molar-refractivity contribution >= 4 is 16.8 Å². The summed E-state index contributed by atoms with van der Waals surface area (Å²) in [5.74, 6) is -0.552. The Hall–Kier alpha value is -0.993. The van der Waals surface area contributed by atoms with Crippen molar-refractivity contribution in [1.29, 1.82) is 0 Å². The van der Waals surface area contributed by atoms with Gasteiger partial charge in [0.2, 0.25) is 0 Å². The first-order valence-electron chi connectivity index (χ1n) is 15.7. The zero-order valence-corrected chi connectivity index (χ0v) is 28.6. The summed E-state index contributed by atoms with van der Waals surface area (Å²) in [4.78, 5) is 27.3.